The summed E-state index contributed by atoms with van der Waals surface area (Å²) in [7, 11) is 1.70. The van der Waals surface area contributed by atoms with Crippen molar-refractivity contribution in [1.29, 1.82) is 0 Å². The van der Waals surface area contributed by atoms with Gasteiger partial charge in [-0.3, -0.25) is 0 Å². The molecule has 0 heterocycles. The third-order valence-corrected chi connectivity index (χ3v) is 2.62. The molecule has 0 aromatic heterocycles. The maximum Gasteiger partial charge on any atom is 0.118 e. The Bertz CT molecular complexity index is 321. The van der Waals surface area contributed by atoms with Crippen LogP contribution in [-0.2, 0) is 0 Å². The molecule has 0 amide bonds. The molecule has 1 atom stereocenters. The maximum atomic E-state index is 5.11. The smallest absolute Gasteiger partial charge is 0.118 e. The Morgan fingerprint density at radius 1 is 1.31 bits per heavy atom. The van der Waals surface area contributed by atoms with E-state index in [1.807, 2.05) is 12.1 Å². The van der Waals surface area contributed by atoms with Gasteiger partial charge >= 0.3 is 0 Å². The first-order valence-corrected chi connectivity index (χ1v) is 4.64. The van der Waals surface area contributed by atoms with E-state index in [1.165, 1.54) is 12.0 Å². The Balaban J connectivity index is 2.15. The van der Waals surface area contributed by atoms with Gasteiger partial charge in [0, 0.05) is 5.92 Å². The fourth-order valence-corrected chi connectivity index (χ4v) is 1.66. The summed E-state index contributed by atoms with van der Waals surface area (Å²) >= 11 is 0. The second-order valence-corrected chi connectivity index (χ2v) is 3.39. The molecule has 68 valence electrons. The summed E-state index contributed by atoms with van der Waals surface area (Å²) in [5.74, 6) is 1.63. The molecular formula is C12H14O. The van der Waals surface area contributed by atoms with E-state index in [2.05, 4.69) is 25.1 Å². The minimum absolute atomic E-state index is 0.691. The minimum Gasteiger partial charge on any atom is -0.497 e. The quantitative estimate of drug-likeness (QED) is 0.626. The highest BCUT2D eigenvalue weighted by Gasteiger charge is 2.29. The van der Waals surface area contributed by atoms with Gasteiger partial charge in [0.25, 0.3) is 0 Å². The zero-order valence-electron chi connectivity index (χ0n) is 8.08. The molecule has 0 aliphatic heterocycles. The van der Waals surface area contributed by atoms with Crippen molar-refractivity contribution in [3.8, 4) is 5.75 Å². The molecule has 0 spiro atoms. The van der Waals surface area contributed by atoms with Crippen molar-refractivity contribution in [2.45, 2.75) is 19.3 Å². The number of benzene rings is 1. The topological polar surface area (TPSA) is 9.23 Å². The Morgan fingerprint density at radius 2 is 2.00 bits per heavy atom. The van der Waals surface area contributed by atoms with Crippen LogP contribution in [0.1, 0.15) is 24.8 Å². The second kappa shape index (κ2) is 3.25. The van der Waals surface area contributed by atoms with Gasteiger partial charge < -0.3 is 4.74 Å². The molecule has 13 heavy (non-hydrogen) atoms. The molecule has 2 rings (SSSR count). The first-order chi connectivity index (χ1) is 6.35. The Labute approximate surface area is 79.0 Å². The summed E-state index contributed by atoms with van der Waals surface area (Å²) < 4.78 is 5.11. The van der Waals surface area contributed by atoms with Gasteiger partial charge in [-0.2, -0.15) is 0 Å². The molecule has 1 aromatic carbocycles. The van der Waals surface area contributed by atoms with Crippen molar-refractivity contribution in [3.63, 3.8) is 0 Å². The number of hydrogen-bond acceptors (Lipinski definition) is 1. The molecule has 1 heteroatoms. The van der Waals surface area contributed by atoms with E-state index in [1.54, 1.807) is 12.7 Å². The van der Waals surface area contributed by atoms with E-state index >= 15 is 0 Å². The number of rotatable bonds is 2. The Hall–Kier alpha value is -1.24. The van der Waals surface area contributed by atoms with Gasteiger partial charge in [0.2, 0.25) is 0 Å². The molecule has 0 N–H and O–H groups in total. The zero-order chi connectivity index (χ0) is 9.26. The van der Waals surface area contributed by atoms with Gasteiger partial charge in [0.05, 0.1) is 7.11 Å². The van der Waals surface area contributed by atoms with Crippen LogP contribution in [0.2, 0.25) is 0 Å². The summed E-state index contributed by atoms with van der Waals surface area (Å²) in [5, 5.41) is 0. The van der Waals surface area contributed by atoms with Gasteiger partial charge in [0.1, 0.15) is 5.75 Å². The average molecular weight is 174 g/mol. The normalized spacial score (nSPS) is 23.2. The molecule has 1 saturated carbocycles. The monoisotopic (exact) mass is 174 g/mol. The lowest BCUT2D eigenvalue weighted by molar-refractivity contribution is 0.414. The van der Waals surface area contributed by atoms with Crippen molar-refractivity contribution in [3.05, 3.63) is 41.5 Å². The number of ether oxygens (including phenoxy) is 1. The SMILES string of the molecule is C/C=C1\CC1c1ccc(OC)cc1. The van der Waals surface area contributed by atoms with Crippen LogP contribution in [0.15, 0.2) is 35.9 Å². The first-order valence-electron chi connectivity index (χ1n) is 4.64. The predicted molar refractivity (Wildman–Crippen MR) is 54.1 cm³/mol. The van der Waals surface area contributed by atoms with Crippen LogP contribution in [0.4, 0.5) is 0 Å². The van der Waals surface area contributed by atoms with E-state index in [0.717, 1.165) is 5.75 Å². The fourth-order valence-electron chi connectivity index (χ4n) is 1.66. The summed E-state index contributed by atoms with van der Waals surface area (Å²) in [4.78, 5) is 0. The lowest BCUT2D eigenvalue weighted by Crippen LogP contribution is -1.83. The molecule has 0 radical (unpaired) electrons. The molecule has 0 saturated heterocycles. The van der Waals surface area contributed by atoms with Crippen molar-refractivity contribution in [2.75, 3.05) is 7.11 Å². The van der Waals surface area contributed by atoms with Crippen molar-refractivity contribution in [2.24, 2.45) is 0 Å². The summed E-state index contributed by atoms with van der Waals surface area (Å²) in [6.07, 6.45) is 3.46. The lowest BCUT2D eigenvalue weighted by atomic mass is 10.1. The van der Waals surface area contributed by atoms with E-state index < -0.39 is 0 Å². The standard InChI is InChI=1S/C12H14O/c1-3-9-8-12(9)10-4-6-11(13-2)7-5-10/h3-7,12H,8H2,1-2H3/b9-3+. The van der Waals surface area contributed by atoms with Gasteiger partial charge in [0.15, 0.2) is 0 Å². The molecule has 1 nitrogen and oxygen atoms in total. The first kappa shape index (κ1) is 8.36. The molecule has 0 bridgehead atoms. The molecule has 1 aliphatic carbocycles. The molecular weight excluding hydrogens is 160 g/mol. The van der Waals surface area contributed by atoms with Crippen molar-refractivity contribution in [1.82, 2.24) is 0 Å². The Morgan fingerprint density at radius 3 is 2.46 bits per heavy atom. The van der Waals surface area contributed by atoms with E-state index in [9.17, 15) is 0 Å². The zero-order valence-corrected chi connectivity index (χ0v) is 8.08. The number of hydrogen-bond donors (Lipinski definition) is 0. The van der Waals surface area contributed by atoms with E-state index in [4.69, 9.17) is 4.74 Å². The van der Waals surface area contributed by atoms with Gasteiger partial charge in [-0.05, 0) is 31.0 Å². The van der Waals surface area contributed by atoms with Crippen LogP contribution in [0, 0.1) is 0 Å². The summed E-state index contributed by atoms with van der Waals surface area (Å²) in [5.41, 5.74) is 2.97. The van der Waals surface area contributed by atoms with Gasteiger partial charge in [-0.1, -0.05) is 23.8 Å². The largest absolute Gasteiger partial charge is 0.497 e. The van der Waals surface area contributed by atoms with Crippen LogP contribution < -0.4 is 4.74 Å². The van der Waals surface area contributed by atoms with Crippen LogP contribution in [0.3, 0.4) is 0 Å². The summed E-state index contributed by atoms with van der Waals surface area (Å²) in [6, 6.07) is 8.36. The Kier molecular flexibility index (Phi) is 2.09. The van der Waals surface area contributed by atoms with Crippen molar-refractivity contribution < 1.29 is 4.74 Å². The van der Waals surface area contributed by atoms with E-state index in [0.29, 0.717) is 5.92 Å². The molecule has 1 unspecified atom stereocenters. The highest BCUT2D eigenvalue weighted by Crippen LogP contribution is 2.46. The third-order valence-electron chi connectivity index (χ3n) is 2.62. The number of allylic oxidation sites excluding steroid dienone is 2. The second-order valence-electron chi connectivity index (χ2n) is 3.39. The van der Waals surface area contributed by atoms with Crippen LogP contribution >= 0.6 is 0 Å². The third kappa shape index (κ3) is 1.59. The maximum absolute atomic E-state index is 5.11. The number of methoxy groups -OCH3 is 1. The average Bonchev–Trinajstić information content (AvgIpc) is 2.97. The lowest BCUT2D eigenvalue weighted by Gasteiger charge is -2.00. The fraction of sp³-hybridized carbons (Fsp3) is 0.333. The van der Waals surface area contributed by atoms with Crippen molar-refractivity contribution >= 4 is 0 Å². The molecule has 1 aromatic rings. The van der Waals surface area contributed by atoms with Crippen LogP contribution in [-0.4, -0.2) is 7.11 Å². The highest BCUT2D eigenvalue weighted by atomic mass is 16.5. The van der Waals surface area contributed by atoms with Crippen LogP contribution in [0.5, 0.6) is 5.75 Å². The predicted octanol–water partition coefficient (Wildman–Crippen LogP) is 3.13. The minimum atomic E-state index is 0.691. The highest BCUT2D eigenvalue weighted by molar-refractivity contribution is 5.42. The summed E-state index contributed by atoms with van der Waals surface area (Å²) in [6.45, 7) is 2.11. The van der Waals surface area contributed by atoms with Gasteiger partial charge in [-0.25, -0.2) is 0 Å². The molecule has 1 fully saturated rings. The van der Waals surface area contributed by atoms with Gasteiger partial charge in [-0.15, -0.1) is 0 Å². The molecule has 1 aliphatic rings. The van der Waals surface area contributed by atoms with Crippen LogP contribution in [0.25, 0.3) is 0 Å². The van der Waals surface area contributed by atoms with E-state index in [-0.39, 0.29) is 0 Å².